The van der Waals surface area contributed by atoms with Crippen LogP contribution in [-0.4, -0.2) is 6.04 Å². The van der Waals surface area contributed by atoms with Crippen LogP contribution in [0.2, 0.25) is 0 Å². The van der Waals surface area contributed by atoms with E-state index in [0.717, 1.165) is 6.42 Å². The second-order valence-electron chi connectivity index (χ2n) is 5.26. The van der Waals surface area contributed by atoms with Crippen LogP contribution >= 0.6 is 15.9 Å². The lowest BCUT2D eigenvalue weighted by Gasteiger charge is -2.14. The number of benzene rings is 1. The predicted octanol–water partition coefficient (Wildman–Crippen LogP) is 3.37. The normalized spacial score (nSPS) is 24.9. The molecule has 0 amide bonds. The van der Waals surface area contributed by atoms with E-state index in [1.165, 1.54) is 16.5 Å². The Morgan fingerprint density at radius 1 is 1.47 bits per heavy atom. The van der Waals surface area contributed by atoms with Crippen LogP contribution < -0.4 is 5.73 Å². The summed E-state index contributed by atoms with van der Waals surface area (Å²) in [4.78, 5) is 0. The lowest BCUT2D eigenvalue weighted by atomic mass is 9.98. The Balaban J connectivity index is 2.01. The smallest absolute Gasteiger partial charge is 0.0207 e. The minimum atomic E-state index is 0.304. The van der Waals surface area contributed by atoms with Crippen molar-refractivity contribution in [3.8, 4) is 0 Å². The summed E-state index contributed by atoms with van der Waals surface area (Å²) in [5.74, 6) is 0.699. The summed E-state index contributed by atoms with van der Waals surface area (Å²) in [6, 6.07) is 8.66. The van der Waals surface area contributed by atoms with Gasteiger partial charge in [-0.25, -0.2) is 0 Å². The summed E-state index contributed by atoms with van der Waals surface area (Å²) in [5, 5.41) is 0. The molecule has 0 aliphatic heterocycles. The SMILES string of the molecule is CC1(C)CC1C(N)Cc1ccccc1Br. The maximum atomic E-state index is 6.23. The quantitative estimate of drug-likeness (QED) is 0.893. The third-order valence-corrected chi connectivity index (χ3v) is 4.29. The van der Waals surface area contributed by atoms with Gasteiger partial charge in [0.15, 0.2) is 0 Å². The van der Waals surface area contributed by atoms with Gasteiger partial charge in [0.1, 0.15) is 0 Å². The molecule has 15 heavy (non-hydrogen) atoms. The Labute approximate surface area is 100 Å². The lowest BCUT2D eigenvalue weighted by molar-refractivity contribution is 0.476. The van der Waals surface area contributed by atoms with Crippen molar-refractivity contribution in [3.05, 3.63) is 34.3 Å². The molecule has 0 saturated heterocycles. The van der Waals surface area contributed by atoms with Gasteiger partial charge in [-0.05, 0) is 35.8 Å². The second kappa shape index (κ2) is 3.91. The van der Waals surface area contributed by atoms with Crippen molar-refractivity contribution in [2.24, 2.45) is 17.1 Å². The highest BCUT2D eigenvalue weighted by atomic mass is 79.9. The van der Waals surface area contributed by atoms with E-state index in [0.29, 0.717) is 17.4 Å². The van der Waals surface area contributed by atoms with Crippen LogP contribution in [0.5, 0.6) is 0 Å². The highest BCUT2D eigenvalue weighted by Gasteiger charge is 2.48. The zero-order valence-corrected chi connectivity index (χ0v) is 10.9. The summed E-state index contributed by atoms with van der Waals surface area (Å²) in [6.07, 6.45) is 2.26. The number of nitrogens with two attached hydrogens (primary N) is 1. The van der Waals surface area contributed by atoms with Gasteiger partial charge in [0.05, 0.1) is 0 Å². The van der Waals surface area contributed by atoms with Gasteiger partial charge in [-0.1, -0.05) is 48.0 Å². The zero-order chi connectivity index (χ0) is 11.1. The van der Waals surface area contributed by atoms with Crippen LogP contribution in [0, 0.1) is 11.3 Å². The Morgan fingerprint density at radius 2 is 2.07 bits per heavy atom. The van der Waals surface area contributed by atoms with Crippen molar-refractivity contribution < 1.29 is 0 Å². The molecule has 0 spiro atoms. The molecule has 2 heteroatoms. The van der Waals surface area contributed by atoms with Crippen LogP contribution in [0.3, 0.4) is 0 Å². The molecule has 1 aromatic carbocycles. The van der Waals surface area contributed by atoms with Crippen LogP contribution in [0.25, 0.3) is 0 Å². The van der Waals surface area contributed by atoms with Gasteiger partial charge in [0, 0.05) is 10.5 Å². The van der Waals surface area contributed by atoms with Crippen molar-refractivity contribution in [2.45, 2.75) is 32.7 Å². The van der Waals surface area contributed by atoms with Crippen molar-refractivity contribution in [1.82, 2.24) is 0 Å². The fourth-order valence-electron chi connectivity index (χ4n) is 2.30. The van der Waals surface area contributed by atoms with Gasteiger partial charge in [-0.15, -0.1) is 0 Å². The van der Waals surface area contributed by atoms with Gasteiger partial charge in [0.2, 0.25) is 0 Å². The molecule has 82 valence electrons. The molecule has 1 saturated carbocycles. The third-order valence-electron chi connectivity index (χ3n) is 3.52. The van der Waals surface area contributed by atoms with Crippen molar-refractivity contribution in [2.75, 3.05) is 0 Å². The first-order valence-corrected chi connectivity index (χ1v) is 6.29. The molecule has 2 N–H and O–H groups in total. The van der Waals surface area contributed by atoms with Gasteiger partial charge in [-0.3, -0.25) is 0 Å². The minimum Gasteiger partial charge on any atom is -0.327 e. The molecule has 0 heterocycles. The van der Waals surface area contributed by atoms with E-state index in [9.17, 15) is 0 Å². The molecule has 1 nitrogen and oxygen atoms in total. The Hall–Kier alpha value is -0.340. The largest absolute Gasteiger partial charge is 0.327 e. The first kappa shape index (κ1) is 11.2. The fourth-order valence-corrected chi connectivity index (χ4v) is 2.75. The molecule has 0 radical (unpaired) electrons. The van der Waals surface area contributed by atoms with E-state index in [1.807, 2.05) is 6.07 Å². The summed E-state index contributed by atoms with van der Waals surface area (Å²) in [6.45, 7) is 4.61. The second-order valence-corrected chi connectivity index (χ2v) is 6.11. The zero-order valence-electron chi connectivity index (χ0n) is 9.33. The molecular formula is C13H18BrN. The van der Waals surface area contributed by atoms with Gasteiger partial charge >= 0.3 is 0 Å². The topological polar surface area (TPSA) is 26.0 Å². The number of rotatable bonds is 3. The van der Waals surface area contributed by atoms with Crippen molar-refractivity contribution in [3.63, 3.8) is 0 Å². The Bertz CT molecular complexity index is 359. The van der Waals surface area contributed by atoms with Gasteiger partial charge in [0.25, 0.3) is 0 Å². The first-order chi connectivity index (χ1) is 7.00. The molecular weight excluding hydrogens is 250 g/mol. The number of hydrogen-bond donors (Lipinski definition) is 1. The van der Waals surface area contributed by atoms with E-state index in [2.05, 4.69) is 48.0 Å². The lowest BCUT2D eigenvalue weighted by Crippen LogP contribution is -2.27. The average molecular weight is 268 g/mol. The standard InChI is InChI=1S/C13H18BrN/c1-13(2)8-10(13)12(15)7-9-5-3-4-6-11(9)14/h3-6,10,12H,7-8,15H2,1-2H3. The maximum absolute atomic E-state index is 6.23. The van der Waals surface area contributed by atoms with Gasteiger partial charge < -0.3 is 5.73 Å². The maximum Gasteiger partial charge on any atom is 0.0207 e. The number of halogens is 1. The highest BCUT2D eigenvalue weighted by molar-refractivity contribution is 9.10. The number of hydrogen-bond acceptors (Lipinski definition) is 1. The summed E-state index contributed by atoms with van der Waals surface area (Å²) in [5.41, 5.74) is 8.03. The van der Waals surface area contributed by atoms with Gasteiger partial charge in [-0.2, -0.15) is 0 Å². The van der Waals surface area contributed by atoms with Crippen LogP contribution in [0.1, 0.15) is 25.8 Å². The molecule has 1 aliphatic carbocycles. The van der Waals surface area contributed by atoms with Crippen molar-refractivity contribution in [1.29, 1.82) is 0 Å². The monoisotopic (exact) mass is 267 g/mol. The molecule has 2 unspecified atom stereocenters. The third kappa shape index (κ3) is 2.43. The van der Waals surface area contributed by atoms with Crippen LogP contribution in [0.4, 0.5) is 0 Å². The molecule has 2 atom stereocenters. The summed E-state index contributed by atoms with van der Waals surface area (Å²) >= 11 is 3.57. The van der Waals surface area contributed by atoms with E-state index in [-0.39, 0.29) is 0 Å². The summed E-state index contributed by atoms with van der Waals surface area (Å²) < 4.78 is 1.18. The molecule has 1 fully saturated rings. The highest BCUT2D eigenvalue weighted by Crippen LogP contribution is 2.53. The van der Waals surface area contributed by atoms with E-state index in [1.54, 1.807) is 0 Å². The Kier molecular flexibility index (Phi) is 2.91. The molecule has 0 bridgehead atoms. The van der Waals surface area contributed by atoms with E-state index >= 15 is 0 Å². The Morgan fingerprint density at radius 3 is 2.60 bits per heavy atom. The van der Waals surface area contributed by atoms with Crippen molar-refractivity contribution >= 4 is 15.9 Å². The van der Waals surface area contributed by atoms with E-state index in [4.69, 9.17) is 5.73 Å². The molecule has 1 aromatic rings. The predicted molar refractivity (Wildman–Crippen MR) is 67.7 cm³/mol. The van der Waals surface area contributed by atoms with Crippen LogP contribution in [-0.2, 0) is 6.42 Å². The van der Waals surface area contributed by atoms with Crippen LogP contribution in [0.15, 0.2) is 28.7 Å². The average Bonchev–Trinajstić information content (AvgIpc) is 2.79. The molecule has 0 aromatic heterocycles. The van der Waals surface area contributed by atoms with E-state index < -0.39 is 0 Å². The molecule has 1 aliphatic rings. The molecule has 2 rings (SSSR count). The fraction of sp³-hybridized carbons (Fsp3) is 0.538. The first-order valence-electron chi connectivity index (χ1n) is 5.50. The summed E-state index contributed by atoms with van der Waals surface area (Å²) in [7, 11) is 0. The minimum absolute atomic E-state index is 0.304.